The van der Waals surface area contributed by atoms with Gasteiger partial charge in [-0.3, -0.25) is 4.79 Å². The monoisotopic (exact) mass is 446 g/mol. The number of rotatable bonds is 9. The number of hydrogen-bond donors (Lipinski definition) is 0. The standard InChI is InChI=1S/C24H32BFO6/c1-7-29-21(27)10-8-9-18-20(26)12-11-16-13-17(30-15-28-6)14-19(22(16)18)25-31-23(2,3)24(4,5)32-25/h11-14H,7-10,15H2,1-6H3. The molecular formula is C24H32BFO6. The minimum absolute atomic E-state index is 0.0852. The van der Waals surface area contributed by atoms with Crippen molar-refractivity contribution in [2.24, 2.45) is 0 Å². The Labute approximate surface area is 189 Å². The van der Waals surface area contributed by atoms with E-state index >= 15 is 4.39 Å². The topological polar surface area (TPSA) is 63.2 Å². The first kappa shape index (κ1) is 24.5. The van der Waals surface area contributed by atoms with Crippen molar-refractivity contribution < 1.29 is 32.7 Å². The Morgan fingerprint density at radius 1 is 1.12 bits per heavy atom. The van der Waals surface area contributed by atoms with Crippen molar-refractivity contribution in [3.05, 3.63) is 35.6 Å². The number of carbonyl (C=O) groups is 1. The molecule has 0 atom stereocenters. The molecule has 1 heterocycles. The van der Waals surface area contributed by atoms with E-state index in [1.165, 1.54) is 6.07 Å². The predicted octanol–water partition coefficient (Wildman–Crippen LogP) is 4.15. The Morgan fingerprint density at radius 2 is 1.81 bits per heavy atom. The van der Waals surface area contributed by atoms with E-state index in [4.69, 9.17) is 23.5 Å². The molecule has 1 fully saturated rings. The molecule has 6 nitrogen and oxygen atoms in total. The molecule has 174 valence electrons. The quantitative estimate of drug-likeness (QED) is 0.328. The molecule has 1 aliphatic heterocycles. The van der Waals surface area contributed by atoms with Crippen molar-refractivity contribution in [2.75, 3.05) is 20.5 Å². The van der Waals surface area contributed by atoms with Crippen molar-refractivity contribution in [1.29, 1.82) is 0 Å². The molecule has 0 N–H and O–H groups in total. The molecule has 32 heavy (non-hydrogen) atoms. The summed E-state index contributed by atoms with van der Waals surface area (Å²) in [5.41, 5.74) is 0.114. The first-order valence-electron chi connectivity index (χ1n) is 11.0. The third kappa shape index (κ3) is 5.08. The van der Waals surface area contributed by atoms with Crippen LogP contribution in [0, 0.1) is 5.82 Å². The number of halogens is 1. The van der Waals surface area contributed by atoms with E-state index in [0.29, 0.717) is 36.2 Å². The highest BCUT2D eigenvalue weighted by molar-refractivity contribution is 6.65. The second-order valence-corrected chi connectivity index (χ2v) is 8.93. The van der Waals surface area contributed by atoms with Crippen molar-refractivity contribution in [1.82, 2.24) is 0 Å². The fourth-order valence-electron chi connectivity index (χ4n) is 3.78. The van der Waals surface area contributed by atoms with Crippen molar-refractivity contribution in [3.63, 3.8) is 0 Å². The van der Waals surface area contributed by atoms with Crippen LogP contribution in [0.25, 0.3) is 10.8 Å². The number of esters is 1. The minimum atomic E-state index is -0.695. The third-order valence-corrected chi connectivity index (χ3v) is 6.14. The Morgan fingerprint density at radius 3 is 2.44 bits per heavy atom. The van der Waals surface area contributed by atoms with Gasteiger partial charge in [0.05, 0.1) is 17.8 Å². The van der Waals surface area contributed by atoms with Crippen LogP contribution < -0.4 is 10.2 Å². The van der Waals surface area contributed by atoms with Gasteiger partial charge in [0.2, 0.25) is 0 Å². The molecule has 3 rings (SSSR count). The molecule has 0 saturated carbocycles. The van der Waals surface area contributed by atoms with Gasteiger partial charge in [0.15, 0.2) is 6.79 Å². The average Bonchev–Trinajstić information content (AvgIpc) is 2.94. The summed E-state index contributed by atoms with van der Waals surface area (Å²) in [7, 11) is 0.854. The molecule has 2 aromatic rings. The Kier molecular flexibility index (Phi) is 7.48. The molecule has 2 aromatic carbocycles. The van der Waals surface area contributed by atoms with E-state index < -0.39 is 18.3 Å². The fourth-order valence-corrected chi connectivity index (χ4v) is 3.78. The maximum Gasteiger partial charge on any atom is 0.495 e. The van der Waals surface area contributed by atoms with Crippen LogP contribution in [-0.2, 0) is 30.0 Å². The van der Waals surface area contributed by atoms with Gasteiger partial charge in [-0.2, -0.15) is 0 Å². The third-order valence-electron chi connectivity index (χ3n) is 6.14. The zero-order valence-electron chi connectivity index (χ0n) is 19.7. The first-order chi connectivity index (χ1) is 15.1. The Hall–Kier alpha value is -2.16. The lowest BCUT2D eigenvalue weighted by atomic mass is 9.74. The number of methoxy groups -OCH3 is 1. The predicted molar refractivity (Wildman–Crippen MR) is 122 cm³/mol. The Bertz CT molecular complexity index is 959. The van der Waals surface area contributed by atoms with Crippen molar-refractivity contribution in [2.45, 2.75) is 65.1 Å². The summed E-state index contributed by atoms with van der Waals surface area (Å²) in [6.07, 6.45) is 1.08. The highest BCUT2D eigenvalue weighted by Crippen LogP contribution is 2.38. The summed E-state index contributed by atoms with van der Waals surface area (Å²) < 4.78 is 43.3. The van der Waals surface area contributed by atoms with Gasteiger partial charge in [0, 0.05) is 13.5 Å². The van der Waals surface area contributed by atoms with E-state index in [9.17, 15) is 4.79 Å². The van der Waals surface area contributed by atoms with Crippen molar-refractivity contribution >= 4 is 29.3 Å². The number of carbonyl (C=O) groups excluding carboxylic acids is 1. The van der Waals surface area contributed by atoms with Gasteiger partial charge in [-0.1, -0.05) is 6.07 Å². The summed E-state index contributed by atoms with van der Waals surface area (Å²) >= 11 is 0. The molecule has 0 aliphatic carbocycles. The molecule has 0 bridgehead atoms. The zero-order chi connectivity index (χ0) is 23.5. The van der Waals surface area contributed by atoms with Crippen molar-refractivity contribution in [3.8, 4) is 5.75 Å². The van der Waals surface area contributed by atoms with Crippen LogP contribution in [0.5, 0.6) is 5.75 Å². The van der Waals surface area contributed by atoms with E-state index in [-0.39, 0.29) is 25.0 Å². The molecular weight excluding hydrogens is 414 g/mol. The summed E-state index contributed by atoms with van der Waals surface area (Å²) in [4.78, 5) is 11.8. The lowest BCUT2D eigenvalue weighted by molar-refractivity contribution is -0.143. The van der Waals surface area contributed by atoms with Crippen LogP contribution in [0.1, 0.15) is 53.0 Å². The minimum Gasteiger partial charge on any atom is -0.468 e. The second-order valence-electron chi connectivity index (χ2n) is 8.93. The first-order valence-corrected chi connectivity index (χ1v) is 11.0. The van der Waals surface area contributed by atoms with Crippen LogP contribution in [0.2, 0.25) is 0 Å². The lowest BCUT2D eigenvalue weighted by Crippen LogP contribution is -2.41. The SMILES string of the molecule is CCOC(=O)CCCc1c(F)ccc2cc(OCOC)cc(B3OC(C)(C)C(C)(C)O3)c12. The molecule has 0 amide bonds. The number of aryl methyl sites for hydroxylation is 1. The van der Waals surface area contributed by atoms with Gasteiger partial charge in [-0.25, -0.2) is 4.39 Å². The second kappa shape index (κ2) is 9.77. The van der Waals surface area contributed by atoms with Gasteiger partial charge >= 0.3 is 13.1 Å². The highest BCUT2D eigenvalue weighted by atomic mass is 19.1. The van der Waals surface area contributed by atoms with E-state index in [0.717, 1.165) is 10.8 Å². The molecule has 1 aliphatic rings. The summed E-state index contributed by atoms with van der Waals surface area (Å²) in [6, 6.07) is 6.82. The average molecular weight is 446 g/mol. The number of ether oxygens (including phenoxy) is 3. The maximum atomic E-state index is 15.0. The molecule has 0 aromatic heterocycles. The number of hydrogen-bond acceptors (Lipinski definition) is 6. The van der Waals surface area contributed by atoms with Crippen LogP contribution in [-0.4, -0.2) is 44.8 Å². The van der Waals surface area contributed by atoms with Crippen LogP contribution in [0.15, 0.2) is 24.3 Å². The highest BCUT2D eigenvalue weighted by Gasteiger charge is 2.52. The van der Waals surface area contributed by atoms with E-state index in [1.807, 2.05) is 39.8 Å². The van der Waals surface area contributed by atoms with Crippen LogP contribution in [0.3, 0.4) is 0 Å². The smallest absolute Gasteiger partial charge is 0.468 e. The Balaban J connectivity index is 2.06. The van der Waals surface area contributed by atoms with Crippen LogP contribution >= 0.6 is 0 Å². The van der Waals surface area contributed by atoms with Crippen LogP contribution in [0.4, 0.5) is 4.39 Å². The summed E-state index contributed by atoms with van der Waals surface area (Å²) in [6.45, 7) is 10.1. The van der Waals surface area contributed by atoms with E-state index in [1.54, 1.807) is 20.1 Å². The van der Waals surface area contributed by atoms with Gasteiger partial charge in [0.1, 0.15) is 11.6 Å². The molecule has 0 radical (unpaired) electrons. The summed E-state index contributed by atoms with van der Waals surface area (Å²) in [5, 5.41) is 1.52. The molecule has 0 spiro atoms. The molecule has 1 saturated heterocycles. The molecule has 8 heteroatoms. The largest absolute Gasteiger partial charge is 0.495 e. The summed E-state index contributed by atoms with van der Waals surface area (Å²) in [5.74, 6) is -0.0348. The van der Waals surface area contributed by atoms with Gasteiger partial charge in [-0.05, 0) is 87.5 Å². The maximum absolute atomic E-state index is 15.0. The lowest BCUT2D eigenvalue weighted by Gasteiger charge is -2.32. The van der Waals surface area contributed by atoms with Gasteiger partial charge in [0.25, 0.3) is 0 Å². The zero-order valence-corrected chi connectivity index (χ0v) is 19.7. The number of fused-ring (bicyclic) bond motifs is 1. The fraction of sp³-hybridized carbons (Fsp3) is 0.542. The van der Waals surface area contributed by atoms with E-state index in [2.05, 4.69) is 0 Å². The van der Waals surface area contributed by atoms with Gasteiger partial charge < -0.3 is 23.5 Å². The molecule has 0 unspecified atom stereocenters. The van der Waals surface area contributed by atoms with Gasteiger partial charge in [-0.15, -0.1) is 0 Å². The number of benzene rings is 2. The normalized spacial score (nSPS) is 17.0.